The molecule has 112 valence electrons. The van der Waals surface area contributed by atoms with E-state index < -0.39 is 12.1 Å². The normalized spacial score (nSPS) is 20.6. The average molecular weight is 308 g/mol. The number of rotatable bonds is 2. The van der Waals surface area contributed by atoms with E-state index in [9.17, 15) is 13.2 Å². The Morgan fingerprint density at radius 3 is 2.65 bits per heavy atom. The number of alkyl halides is 3. The summed E-state index contributed by atoms with van der Waals surface area (Å²) in [5.74, 6) is -0.174. The summed E-state index contributed by atoms with van der Waals surface area (Å²) >= 11 is 5.94. The van der Waals surface area contributed by atoms with Crippen molar-refractivity contribution in [2.24, 2.45) is 5.92 Å². The molecule has 1 aromatic heterocycles. The van der Waals surface area contributed by atoms with E-state index in [1.807, 2.05) is 13.8 Å². The lowest BCUT2D eigenvalue weighted by molar-refractivity contribution is -0.176. The van der Waals surface area contributed by atoms with Gasteiger partial charge < -0.3 is 4.90 Å². The first kappa shape index (κ1) is 15.4. The van der Waals surface area contributed by atoms with Crippen LogP contribution in [0.2, 0.25) is 5.15 Å². The van der Waals surface area contributed by atoms with E-state index >= 15 is 0 Å². The van der Waals surface area contributed by atoms with Gasteiger partial charge in [0, 0.05) is 25.1 Å². The Hall–Kier alpha value is -1.04. The summed E-state index contributed by atoms with van der Waals surface area (Å²) in [5.41, 5.74) is 0. The molecule has 0 bridgehead atoms. The number of nitrogens with zero attached hydrogens (tertiary/aromatic N) is 3. The van der Waals surface area contributed by atoms with Crippen LogP contribution in [0.5, 0.6) is 0 Å². The summed E-state index contributed by atoms with van der Waals surface area (Å²) in [6, 6.07) is 1.53. The zero-order valence-electron chi connectivity index (χ0n) is 11.4. The maximum atomic E-state index is 12.8. The molecule has 0 aliphatic carbocycles. The lowest BCUT2D eigenvalue weighted by Gasteiger charge is -2.34. The van der Waals surface area contributed by atoms with Crippen molar-refractivity contribution in [2.75, 3.05) is 18.0 Å². The molecule has 1 saturated heterocycles. The summed E-state index contributed by atoms with van der Waals surface area (Å²) in [6.07, 6.45) is -3.48. The van der Waals surface area contributed by atoms with Crippen molar-refractivity contribution in [1.29, 1.82) is 0 Å². The molecule has 1 aromatic rings. The lowest BCUT2D eigenvalue weighted by Crippen LogP contribution is -2.42. The van der Waals surface area contributed by atoms with Crippen molar-refractivity contribution < 1.29 is 13.2 Å². The summed E-state index contributed by atoms with van der Waals surface area (Å²) in [6.45, 7) is 4.35. The van der Waals surface area contributed by atoms with E-state index in [0.29, 0.717) is 24.6 Å². The summed E-state index contributed by atoms with van der Waals surface area (Å²) in [5, 5.41) is 0.271. The zero-order valence-corrected chi connectivity index (χ0v) is 12.2. The molecule has 0 spiro atoms. The van der Waals surface area contributed by atoms with Gasteiger partial charge in [0.25, 0.3) is 0 Å². The van der Waals surface area contributed by atoms with Crippen LogP contribution in [0.3, 0.4) is 0 Å². The van der Waals surface area contributed by atoms with Gasteiger partial charge in [-0.3, -0.25) is 0 Å². The van der Waals surface area contributed by atoms with Gasteiger partial charge in [-0.15, -0.1) is 0 Å². The largest absolute Gasteiger partial charge is 0.393 e. The van der Waals surface area contributed by atoms with Crippen molar-refractivity contribution in [3.8, 4) is 0 Å². The molecular formula is C13H17ClF3N3. The summed E-state index contributed by atoms with van der Waals surface area (Å²) in [4.78, 5) is 10.1. The predicted molar refractivity (Wildman–Crippen MR) is 72.1 cm³/mol. The van der Waals surface area contributed by atoms with Crippen molar-refractivity contribution in [1.82, 2.24) is 9.97 Å². The Kier molecular flexibility index (Phi) is 4.42. The minimum absolute atomic E-state index is 0.0611. The van der Waals surface area contributed by atoms with Crippen molar-refractivity contribution in [2.45, 2.75) is 38.8 Å². The maximum Gasteiger partial charge on any atom is 0.393 e. The molecule has 0 amide bonds. The first-order valence-electron chi connectivity index (χ1n) is 6.63. The van der Waals surface area contributed by atoms with Gasteiger partial charge in [0.15, 0.2) is 0 Å². The van der Waals surface area contributed by atoms with Crippen LogP contribution in [-0.4, -0.2) is 29.2 Å². The molecule has 0 saturated carbocycles. The minimum Gasteiger partial charge on any atom is -0.356 e. The number of piperidine rings is 1. The highest BCUT2D eigenvalue weighted by atomic mass is 35.5. The van der Waals surface area contributed by atoms with Gasteiger partial charge in [-0.05, 0) is 12.8 Å². The molecule has 0 radical (unpaired) electrons. The lowest BCUT2D eigenvalue weighted by atomic mass is 9.97. The standard InChI is InChI=1S/C13H17ClF3N3/c1-8(2)12-18-10(14)6-11(19-12)20-5-3-4-9(7-20)13(15,16)17/h6,8-9H,3-5,7H2,1-2H3. The van der Waals surface area contributed by atoms with Gasteiger partial charge in [0.1, 0.15) is 16.8 Å². The molecule has 20 heavy (non-hydrogen) atoms. The topological polar surface area (TPSA) is 29.0 Å². The third kappa shape index (κ3) is 3.53. The molecule has 1 fully saturated rings. The Morgan fingerprint density at radius 2 is 2.05 bits per heavy atom. The maximum absolute atomic E-state index is 12.8. The first-order valence-corrected chi connectivity index (χ1v) is 7.01. The first-order chi connectivity index (χ1) is 9.27. The van der Waals surface area contributed by atoms with Crippen LogP contribution >= 0.6 is 11.6 Å². The second-order valence-electron chi connectivity index (χ2n) is 5.39. The molecule has 1 aliphatic heterocycles. The molecule has 1 aliphatic rings. The van der Waals surface area contributed by atoms with Gasteiger partial charge in [0.2, 0.25) is 0 Å². The second kappa shape index (κ2) is 5.76. The zero-order chi connectivity index (χ0) is 14.9. The van der Waals surface area contributed by atoms with Crippen molar-refractivity contribution in [3.05, 3.63) is 17.0 Å². The molecule has 7 heteroatoms. The third-order valence-electron chi connectivity index (χ3n) is 3.42. The molecule has 2 heterocycles. The average Bonchev–Trinajstić information content (AvgIpc) is 2.37. The van der Waals surface area contributed by atoms with E-state index in [1.165, 1.54) is 6.07 Å². The van der Waals surface area contributed by atoms with Gasteiger partial charge in [-0.1, -0.05) is 25.4 Å². The van der Waals surface area contributed by atoms with Crippen LogP contribution in [0.4, 0.5) is 19.0 Å². The Morgan fingerprint density at radius 1 is 1.35 bits per heavy atom. The number of halogens is 4. The van der Waals surface area contributed by atoms with Gasteiger partial charge >= 0.3 is 6.18 Å². The highest BCUT2D eigenvalue weighted by Crippen LogP contribution is 2.34. The van der Waals surface area contributed by atoms with Crippen LogP contribution in [0.25, 0.3) is 0 Å². The molecule has 0 N–H and O–H groups in total. The van der Waals surface area contributed by atoms with Crippen LogP contribution < -0.4 is 4.90 Å². The molecule has 1 atom stereocenters. The third-order valence-corrected chi connectivity index (χ3v) is 3.62. The summed E-state index contributed by atoms with van der Waals surface area (Å²) < 4.78 is 38.5. The minimum atomic E-state index is -4.16. The van der Waals surface area contributed by atoms with E-state index in [4.69, 9.17) is 11.6 Å². The van der Waals surface area contributed by atoms with E-state index in [1.54, 1.807) is 4.90 Å². The van der Waals surface area contributed by atoms with Crippen LogP contribution in [0, 0.1) is 5.92 Å². The van der Waals surface area contributed by atoms with Gasteiger partial charge in [-0.2, -0.15) is 13.2 Å². The Bertz CT molecular complexity index is 476. The molecule has 2 rings (SSSR count). The van der Waals surface area contributed by atoms with E-state index in [0.717, 1.165) is 0 Å². The quantitative estimate of drug-likeness (QED) is 0.772. The fraction of sp³-hybridized carbons (Fsp3) is 0.692. The Balaban J connectivity index is 2.23. The molecule has 0 aromatic carbocycles. The molecule has 1 unspecified atom stereocenters. The second-order valence-corrected chi connectivity index (χ2v) is 5.78. The number of anilines is 1. The highest BCUT2D eigenvalue weighted by Gasteiger charge is 2.42. The molecular weight excluding hydrogens is 291 g/mol. The number of aromatic nitrogens is 2. The van der Waals surface area contributed by atoms with E-state index in [2.05, 4.69) is 9.97 Å². The van der Waals surface area contributed by atoms with E-state index in [-0.39, 0.29) is 24.0 Å². The highest BCUT2D eigenvalue weighted by molar-refractivity contribution is 6.29. The van der Waals surface area contributed by atoms with Crippen LogP contribution in [0.15, 0.2) is 6.07 Å². The van der Waals surface area contributed by atoms with Crippen LogP contribution in [0.1, 0.15) is 38.4 Å². The predicted octanol–water partition coefficient (Wildman–Crippen LogP) is 4.03. The number of hydrogen-bond acceptors (Lipinski definition) is 3. The SMILES string of the molecule is CC(C)c1nc(Cl)cc(N2CCCC(C(F)(F)F)C2)n1. The van der Waals surface area contributed by atoms with Crippen LogP contribution in [-0.2, 0) is 0 Å². The van der Waals surface area contributed by atoms with Crippen molar-refractivity contribution in [3.63, 3.8) is 0 Å². The van der Waals surface area contributed by atoms with Gasteiger partial charge in [-0.25, -0.2) is 9.97 Å². The smallest absolute Gasteiger partial charge is 0.356 e. The van der Waals surface area contributed by atoms with Crippen molar-refractivity contribution >= 4 is 17.4 Å². The molecule has 3 nitrogen and oxygen atoms in total. The monoisotopic (exact) mass is 307 g/mol. The Labute approximate surface area is 121 Å². The fourth-order valence-corrected chi connectivity index (χ4v) is 2.48. The van der Waals surface area contributed by atoms with Gasteiger partial charge in [0.05, 0.1) is 5.92 Å². The number of hydrogen-bond donors (Lipinski definition) is 0. The fourth-order valence-electron chi connectivity index (χ4n) is 2.30. The summed E-state index contributed by atoms with van der Waals surface area (Å²) in [7, 11) is 0.